The van der Waals surface area contributed by atoms with Gasteiger partial charge in [-0.2, -0.15) is 0 Å². The lowest BCUT2D eigenvalue weighted by molar-refractivity contribution is -0.126. The number of amides is 1. The third kappa shape index (κ3) is 3.98. The first kappa shape index (κ1) is 13.4. The fourth-order valence-electron chi connectivity index (χ4n) is 1.45. The Balaban J connectivity index is 2.70. The molecule has 1 amide bonds. The number of hydrogen-bond donors (Lipinski definition) is 1. The van der Waals surface area contributed by atoms with E-state index in [9.17, 15) is 4.79 Å². The molecule has 0 saturated heterocycles. The summed E-state index contributed by atoms with van der Waals surface area (Å²) >= 11 is 0. The number of nitrogens with two attached hydrogens (primary N) is 1. The molecule has 0 aliphatic heterocycles. The Hall–Kier alpha value is -1.71. The quantitative estimate of drug-likeness (QED) is 0.822. The van der Waals surface area contributed by atoms with E-state index in [1.54, 1.807) is 24.3 Å². The van der Waals surface area contributed by atoms with Crippen molar-refractivity contribution in [3.63, 3.8) is 0 Å². The zero-order valence-corrected chi connectivity index (χ0v) is 10.5. The van der Waals surface area contributed by atoms with Gasteiger partial charge in [0.05, 0.1) is 6.61 Å². The summed E-state index contributed by atoms with van der Waals surface area (Å²) in [4.78, 5) is 11.2. The SMILES string of the molecule is CCOc1ccc(OC(C(N)=O)C(C)C)cc1. The highest BCUT2D eigenvalue weighted by Crippen LogP contribution is 2.20. The third-order valence-electron chi connectivity index (χ3n) is 2.28. The summed E-state index contributed by atoms with van der Waals surface area (Å²) in [6.07, 6.45) is -0.604. The van der Waals surface area contributed by atoms with Crippen molar-refractivity contribution in [1.29, 1.82) is 0 Å². The van der Waals surface area contributed by atoms with Crippen molar-refractivity contribution in [1.82, 2.24) is 0 Å². The summed E-state index contributed by atoms with van der Waals surface area (Å²) in [5, 5.41) is 0. The third-order valence-corrected chi connectivity index (χ3v) is 2.28. The highest BCUT2D eigenvalue weighted by molar-refractivity contribution is 5.79. The van der Waals surface area contributed by atoms with Crippen molar-refractivity contribution < 1.29 is 14.3 Å². The average Bonchev–Trinajstić information content (AvgIpc) is 2.27. The first-order chi connectivity index (χ1) is 8.04. The van der Waals surface area contributed by atoms with Crippen molar-refractivity contribution >= 4 is 5.91 Å². The molecule has 2 N–H and O–H groups in total. The lowest BCUT2D eigenvalue weighted by Crippen LogP contribution is -2.37. The molecule has 0 aromatic heterocycles. The van der Waals surface area contributed by atoms with Crippen molar-refractivity contribution in [3.05, 3.63) is 24.3 Å². The minimum atomic E-state index is -0.604. The maximum Gasteiger partial charge on any atom is 0.258 e. The summed E-state index contributed by atoms with van der Waals surface area (Å²) in [5.74, 6) is 0.985. The van der Waals surface area contributed by atoms with Crippen molar-refractivity contribution in [2.75, 3.05) is 6.61 Å². The highest BCUT2D eigenvalue weighted by atomic mass is 16.5. The number of hydrogen-bond acceptors (Lipinski definition) is 3. The molecule has 0 aliphatic carbocycles. The second-order valence-corrected chi connectivity index (χ2v) is 4.09. The van der Waals surface area contributed by atoms with Crippen molar-refractivity contribution in [2.24, 2.45) is 11.7 Å². The van der Waals surface area contributed by atoms with E-state index >= 15 is 0 Å². The van der Waals surface area contributed by atoms with E-state index in [4.69, 9.17) is 15.2 Å². The van der Waals surface area contributed by atoms with Gasteiger partial charge in [0.15, 0.2) is 6.10 Å². The number of primary amides is 1. The van der Waals surface area contributed by atoms with Crippen LogP contribution in [0.2, 0.25) is 0 Å². The van der Waals surface area contributed by atoms with Crippen LogP contribution in [0.15, 0.2) is 24.3 Å². The van der Waals surface area contributed by atoms with E-state index in [2.05, 4.69) is 0 Å². The molecule has 0 heterocycles. The molecule has 1 atom stereocenters. The van der Waals surface area contributed by atoms with Gasteiger partial charge in [-0.15, -0.1) is 0 Å². The van der Waals surface area contributed by atoms with E-state index in [-0.39, 0.29) is 5.92 Å². The van der Waals surface area contributed by atoms with E-state index in [1.807, 2.05) is 20.8 Å². The van der Waals surface area contributed by atoms with Crippen molar-refractivity contribution in [3.8, 4) is 11.5 Å². The minimum absolute atomic E-state index is 0.0408. The van der Waals surface area contributed by atoms with E-state index < -0.39 is 12.0 Å². The smallest absolute Gasteiger partial charge is 0.258 e. The molecular formula is C13H19NO3. The Morgan fingerprint density at radius 2 is 1.76 bits per heavy atom. The highest BCUT2D eigenvalue weighted by Gasteiger charge is 2.21. The molecule has 0 aliphatic rings. The predicted molar refractivity (Wildman–Crippen MR) is 66.1 cm³/mol. The van der Waals surface area contributed by atoms with Crippen LogP contribution in [-0.4, -0.2) is 18.6 Å². The van der Waals surface area contributed by atoms with Gasteiger partial charge >= 0.3 is 0 Å². The van der Waals surface area contributed by atoms with Crippen LogP contribution in [0.25, 0.3) is 0 Å². The number of benzene rings is 1. The molecule has 1 aromatic rings. The Morgan fingerprint density at radius 1 is 1.24 bits per heavy atom. The summed E-state index contributed by atoms with van der Waals surface area (Å²) in [7, 11) is 0. The van der Waals surface area contributed by atoms with E-state index in [0.717, 1.165) is 5.75 Å². The molecule has 4 nitrogen and oxygen atoms in total. The van der Waals surface area contributed by atoms with Gasteiger partial charge in [0.2, 0.25) is 0 Å². The number of carbonyl (C=O) groups is 1. The van der Waals surface area contributed by atoms with Crippen LogP contribution < -0.4 is 15.2 Å². The average molecular weight is 237 g/mol. The van der Waals surface area contributed by atoms with Gasteiger partial charge in [0.1, 0.15) is 11.5 Å². The first-order valence-electron chi connectivity index (χ1n) is 5.73. The fraction of sp³-hybridized carbons (Fsp3) is 0.462. The second kappa shape index (κ2) is 6.13. The maximum absolute atomic E-state index is 11.2. The van der Waals surface area contributed by atoms with Crippen LogP contribution in [0.4, 0.5) is 0 Å². The topological polar surface area (TPSA) is 61.6 Å². The molecule has 17 heavy (non-hydrogen) atoms. The van der Waals surface area contributed by atoms with Gasteiger partial charge in [0, 0.05) is 0 Å². The number of ether oxygens (including phenoxy) is 2. The molecule has 0 radical (unpaired) electrons. The summed E-state index contributed by atoms with van der Waals surface area (Å²) in [6, 6.07) is 7.14. The second-order valence-electron chi connectivity index (χ2n) is 4.09. The molecule has 0 spiro atoms. The molecule has 4 heteroatoms. The van der Waals surface area contributed by atoms with Crippen LogP contribution in [0.5, 0.6) is 11.5 Å². The van der Waals surface area contributed by atoms with E-state index in [1.165, 1.54) is 0 Å². The maximum atomic E-state index is 11.2. The Kier molecular flexibility index (Phi) is 4.82. The Bertz CT molecular complexity index is 359. The zero-order valence-electron chi connectivity index (χ0n) is 10.5. The monoisotopic (exact) mass is 237 g/mol. The summed E-state index contributed by atoms with van der Waals surface area (Å²) in [5.41, 5.74) is 5.27. The minimum Gasteiger partial charge on any atom is -0.494 e. The molecule has 1 unspecified atom stereocenters. The van der Waals surface area contributed by atoms with Gasteiger partial charge in [-0.05, 0) is 37.1 Å². The summed E-state index contributed by atoms with van der Waals surface area (Å²) in [6.45, 7) is 6.33. The van der Waals surface area contributed by atoms with Gasteiger partial charge in [-0.25, -0.2) is 0 Å². The lowest BCUT2D eigenvalue weighted by atomic mass is 10.1. The molecule has 0 bridgehead atoms. The molecule has 1 rings (SSSR count). The number of carbonyl (C=O) groups excluding carboxylic acids is 1. The number of rotatable bonds is 6. The van der Waals surface area contributed by atoms with Gasteiger partial charge in [0.25, 0.3) is 5.91 Å². The van der Waals surface area contributed by atoms with Crippen LogP contribution >= 0.6 is 0 Å². The van der Waals surface area contributed by atoms with Gasteiger partial charge in [-0.1, -0.05) is 13.8 Å². The van der Waals surface area contributed by atoms with Crippen LogP contribution in [-0.2, 0) is 4.79 Å². The molecule has 94 valence electrons. The van der Waals surface area contributed by atoms with Crippen molar-refractivity contribution in [2.45, 2.75) is 26.9 Å². The van der Waals surface area contributed by atoms with E-state index in [0.29, 0.717) is 12.4 Å². The Morgan fingerprint density at radius 3 is 2.18 bits per heavy atom. The van der Waals surface area contributed by atoms with Crippen LogP contribution in [0, 0.1) is 5.92 Å². The fourth-order valence-corrected chi connectivity index (χ4v) is 1.45. The van der Waals surface area contributed by atoms with Gasteiger partial charge < -0.3 is 15.2 Å². The Labute approximate surface area is 102 Å². The zero-order chi connectivity index (χ0) is 12.8. The predicted octanol–water partition coefficient (Wildman–Crippen LogP) is 1.97. The molecule has 0 saturated carbocycles. The van der Waals surface area contributed by atoms with Crippen LogP contribution in [0.1, 0.15) is 20.8 Å². The van der Waals surface area contributed by atoms with Crippen LogP contribution in [0.3, 0.4) is 0 Å². The molecular weight excluding hydrogens is 218 g/mol. The normalized spacial score (nSPS) is 12.2. The van der Waals surface area contributed by atoms with Gasteiger partial charge in [-0.3, -0.25) is 4.79 Å². The largest absolute Gasteiger partial charge is 0.494 e. The standard InChI is InChI=1S/C13H19NO3/c1-4-16-10-5-7-11(8-6-10)17-12(9(2)3)13(14)15/h5-9,12H,4H2,1-3H3,(H2,14,15). The lowest BCUT2D eigenvalue weighted by Gasteiger charge is -2.19. The molecule has 1 aromatic carbocycles. The summed E-state index contributed by atoms with van der Waals surface area (Å²) < 4.78 is 10.9. The first-order valence-corrected chi connectivity index (χ1v) is 5.73. The molecule has 0 fully saturated rings.